The molecule has 0 atom stereocenters. The van der Waals surface area contributed by atoms with Crippen LogP contribution in [0.15, 0.2) is 36.4 Å². The van der Waals surface area contributed by atoms with E-state index in [1.54, 1.807) is 18.2 Å². The summed E-state index contributed by atoms with van der Waals surface area (Å²) >= 11 is 6.14. The zero-order valence-electron chi connectivity index (χ0n) is 17.1. The number of halogens is 1. The number of benzene rings is 2. The molecule has 0 bridgehead atoms. The van der Waals surface area contributed by atoms with Crippen LogP contribution in [0.4, 0.5) is 11.4 Å². The fourth-order valence-corrected chi connectivity index (χ4v) is 4.24. The minimum Gasteiger partial charge on any atom is -0.368 e. The third-order valence-electron chi connectivity index (χ3n) is 5.37. The van der Waals surface area contributed by atoms with Crippen LogP contribution in [0.1, 0.15) is 21.5 Å². The molecule has 1 aliphatic rings. The van der Waals surface area contributed by atoms with Gasteiger partial charge >= 0.3 is 0 Å². The monoisotopic (exact) mass is 435 g/mol. The Morgan fingerprint density at radius 1 is 1.00 bits per heavy atom. The van der Waals surface area contributed by atoms with Gasteiger partial charge in [-0.2, -0.15) is 0 Å². The number of aryl methyl sites for hydroxylation is 2. The second kappa shape index (κ2) is 8.24. The number of sulfonamides is 1. The molecule has 0 saturated carbocycles. The second-order valence-corrected chi connectivity index (χ2v) is 9.89. The number of carbonyl (C=O) groups is 1. The number of carbonyl (C=O) groups excluding carboxylic acids is 1. The summed E-state index contributed by atoms with van der Waals surface area (Å²) in [6, 6.07) is 11.0. The molecule has 2 aromatic rings. The lowest BCUT2D eigenvalue weighted by atomic mass is 10.1. The van der Waals surface area contributed by atoms with Crippen molar-refractivity contribution in [3.8, 4) is 0 Å². The van der Waals surface area contributed by atoms with E-state index in [1.807, 2.05) is 30.0 Å². The van der Waals surface area contributed by atoms with Crippen LogP contribution in [0.5, 0.6) is 0 Å². The molecule has 6 nitrogen and oxygen atoms in total. The molecular weight excluding hydrogens is 410 g/mol. The van der Waals surface area contributed by atoms with E-state index in [2.05, 4.69) is 11.8 Å². The van der Waals surface area contributed by atoms with Gasteiger partial charge in [0.1, 0.15) is 0 Å². The number of hydrogen-bond acceptors (Lipinski definition) is 4. The Bertz CT molecular complexity index is 1030. The number of piperazine rings is 1. The van der Waals surface area contributed by atoms with E-state index in [4.69, 9.17) is 11.6 Å². The van der Waals surface area contributed by atoms with Gasteiger partial charge in [0.15, 0.2) is 0 Å². The van der Waals surface area contributed by atoms with Crippen molar-refractivity contribution in [1.29, 1.82) is 0 Å². The molecule has 0 unspecified atom stereocenters. The van der Waals surface area contributed by atoms with Crippen LogP contribution in [0.2, 0.25) is 5.02 Å². The first-order valence-corrected chi connectivity index (χ1v) is 11.7. The van der Waals surface area contributed by atoms with Gasteiger partial charge < -0.3 is 9.80 Å². The van der Waals surface area contributed by atoms with E-state index in [0.717, 1.165) is 36.2 Å². The van der Waals surface area contributed by atoms with Crippen LogP contribution in [-0.4, -0.2) is 58.7 Å². The van der Waals surface area contributed by atoms with E-state index >= 15 is 0 Å². The van der Waals surface area contributed by atoms with Gasteiger partial charge in [-0.05, 0) is 49.2 Å². The van der Waals surface area contributed by atoms with Gasteiger partial charge in [-0.25, -0.2) is 8.42 Å². The Hall–Kier alpha value is -2.25. The number of amides is 1. The van der Waals surface area contributed by atoms with Crippen molar-refractivity contribution in [1.82, 2.24) is 4.90 Å². The SMILES string of the molecule is Cc1ccc(Cl)cc1N1CCN(C(=O)c2ccc(C)c(N(C)S(C)(=O)=O)c2)CC1. The van der Waals surface area contributed by atoms with Crippen molar-refractivity contribution in [2.24, 2.45) is 0 Å². The van der Waals surface area contributed by atoms with E-state index in [9.17, 15) is 13.2 Å². The fourth-order valence-electron chi connectivity index (χ4n) is 3.52. The molecule has 1 aliphatic heterocycles. The molecule has 0 aromatic heterocycles. The Balaban J connectivity index is 1.75. The maximum absolute atomic E-state index is 13.0. The molecule has 156 valence electrons. The van der Waals surface area contributed by atoms with Gasteiger partial charge in [0, 0.05) is 49.5 Å². The second-order valence-electron chi connectivity index (χ2n) is 7.44. The van der Waals surface area contributed by atoms with Gasteiger partial charge in [-0.3, -0.25) is 9.10 Å². The van der Waals surface area contributed by atoms with Crippen LogP contribution in [0.3, 0.4) is 0 Å². The van der Waals surface area contributed by atoms with Crippen LogP contribution >= 0.6 is 11.6 Å². The molecule has 1 saturated heterocycles. The summed E-state index contributed by atoms with van der Waals surface area (Å²) in [5.74, 6) is -0.0874. The Morgan fingerprint density at radius 2 is 1.62 bits per heavy atom. The quantitative estimate of drug-likeness (QED) is 0.739. The smallest absolute Gasteiger partial charge is 0.254 e. The van der Waals surface area contributed by atoms with Crippen LogP contribution in [-0.2, 0) is 10.0 Å². The molecule has 2 aromatic carbocycles. The molecule has 0 N–H and O–H groups in total. The highest BCUT2D eigenvalue weighted by Gasteiger charge is 2.24. The zero-order chi connectivity index (χ0) is 21.3. The standard InChI is InChI=1S/C21H26ClN3O3S/c1-15-5-7-17(13-19(15)23(3)29(4,27)28)21(26)25-11-9-24(10-12-25)20-14-18(22)8-6-16(20)2/h5-8,13-14H,9-12H2,1-4H3. The summed E-state index contributed by atoms with van der Waals surface area (Å²) in [7, 11) is -1.90. The Morgan fingerprint density at radius 3 is 2.24 bits per heavy atom. The molecule has 1 heterocycles. The van der Waals surface area contributed by atoms with Crippen molar-refractivity contribution in [2.45, 2.75) is 13.8 Å². The number of nitrogens with zero attached hydrogens (tertiary/aromatic N) is 3. The largest absolute Gasteiger partial charge is 0.368 e. The van der Waals surface area contributed by atoms with Gasteiger partial charge in [0.25, 0.3) is 5.91 Å². The topological polar surface area (TPSA) is 60.9 Å². The molecule has 0 aliphatic carbocycles. The van der Waals surface area contributed by atoms with Crippen molar-refractivity contribution in [3.63, 3.8) is 0 Å². The predicted octanol–water partition coefficient (Wildman–Crippen LogP) is 3.32. The Labute approximate surface area is 177 Å². The lowest BCUT2D eigenvalue weighted by molar-refractivity contribution is 0.0747. The van der Waals surface area contributed by atoms with E-state index in [1.165, 1.54) is 11.4 Å². The molecule has 3 rings (SSSR count). The average Bonchev–Trinajstić information content (AvgIpc) is 2.68. The van der Waals surface area contributed by atoms with Crippen LogP contribution < -0.4 is 9.21 Å². The van der Waals surface area contributed by atoms with Crippen molar-refractivity contribution < 1.29 is 13.2 Å². The maximum atomic E-state index is 13.0. The van der Waals surface area contributed by atoms with Gasteiger partial charge in [-0.1, -0.05) is 23.7 Å². The lowest BCUT2D eigenvalue weighted by Crippen LogP contribution is -2.49. The number of rotatable bonds is 4. The number of hydrogen-bond donors (Lipinski definition) is 0. The van der Waals surface area contributed by atoms with Gasteiger partial charge in [-0.15, -0.1) is 0 Å². The fraction of sp³-hybridized carbons (Fsp3) is 0.381. The van der Waals surface area contributed by atoms with E-state index in [-0.39, 0.29) is 5.91 Å². The molecule has 1 fully saturated rings. The molecule has 29 heavy (non-hydrogen) atoms. The van der Waals surface area contributed by atoms with Gasteiger partial charge in [0.2, 0.25) is 10.0 Å². The van der Waals surface area contributed by atoms with E-state index < -0.39 is 10.0 Å². The first kappa shape index (κ1) is 21.5. The highest BCUT2D eigenvalue weighted by Crippen LogP contribution is 2.27. The van der Waals surface area contributed by atoms with E-state index in [0.29, 0.717) is 29.4 Å². The molecule has 1 amide bonds. The average molecular weight is 436 g/mol. The molecule has 8 heteroatoms. The summed E-state index contributed by atoms with van der Waals surface area (Å²) in [6.45, 7) is 6.50. The summed E-state index contributed by atoms with van der Waals surface area (Å²) in [5.41, 5.74) is 4.06. The lowest BCUT2D eigenvalue weighted by Gasteiger charge is -2.37. The summed E-state index contributed by atoms with van der Waals surface area (Å²) in [6.07, 6.45) is 1.15. The zero-order valence-corrected chi connectivity index (χ0v) is 18.7. The highest BCUT2D eigenvalue weighted by atomic mass is 35.5. The molecule has 0 spiro atoms. The maximum Gasteiger partial charge on any atom is 0.254 e. The minimum atomic E-state index is -3.40. The third-order valence-corrected chi connectivity index (χ3v) is 6.80. The first-order chi connectivity index (χ1) is 13.6. The highest BCUT2D eigenvalue weighted by molar-refractivity contribution is 7.92. The third kappa shape index (κ3) is 4.67. The van der Waals surface area contributed by atoms with Crippen molar-refractivity contribution in [2.75, 3.05) is 48.7 Å². The Kier molecular flexibility index (Phi) is 6.10. The molecule has 0 radical (unpaired) electrons. The minimum absolute atomic E-state index is 0.0874. The van der Waals surface area contributed by atoms with Crippen molar-refractivity contribution >= 4 is 38.9 Å². The van der Waals surface area contributed by atoms with Gasteiger partial charge in [0.05, 0.1) is 11.9 Å². The van der Waals surface area contributed by atoms with Crippen molar-refractivity contribution in [3.05, 3.63) is 58.1 Å². The molecular formula is C21H26ClN3O3S. The van der Waals surface area contributed by atoms with Crippen LogP contribution in [0, 0.1) is 13.8 Å². The van der Waals surface area contributed by atoms with Crippen LogP contribution in [0.25, 0.3) is 0 Å². The first-order valence-electron chi connectivity index (χ1n) is 9.43. The number of anilines is 2. The summed E-state index contributed by atoms with van der Waals surface area (Å²) < 4.78 is 25.0. The predicted molar refractivity (Wildman–Crippen MR) is 119 cm³/mol. The summed E-state index contributed by atoms with van der Waals surface area (Å²) in [5, 5.41) is 0.700. The summed E-state index contributed by atoms with van der Waals surface area (Å²) in [4.78, 5) is 17.1. The normalized spacial score (nSPS) is 14.8.